The van der Waals surface area contributed by atoms with Crippen molar-refractivity contribution in [2.45, 2.75) is 46.5 Å². The average Bonchev–Trinajstić information content (AvgIpc) is 2.30. The minimum Gasteiger partial charge on any atom is -0.379 e. The number of nitrogens with zero attached hydrogens (tertiary/aromatic N) is 1. The Balaban J connectivity index is 1.71. The van der Waals surface area contributed by atoms with Gasteiger partial charge >= 0.3 is 0 Å². The van der Waals surface area contributed by atoms with Crippen molar-refractivity contribution in [3.05, 3.63) is 0 Å². The van der Waals surface area contributed by atoms with Gasteiger partial charge < -0.3 is 4.74 Å². The van der Waals surface area contributed by atoms with Crippen LogP contribution in [-0.4, -0.2) is 37.7 Å². The molecular weight excluding hydrogens is 210 g/mol. The summed E-state index contributed by atoms with van der Waals surface area (Å²) >= 11 is 0. The lowest BCUT2D eigenvalue weighted by Gasteiger charge is -2.39. The van der Waals surface area contributed by atoms with Crippen molar-refractivity contribution >= 4 is 0 Å². The van der Waals surface area contributed by atoms with Gasteiger partial charge in [-0.25, -0.2) is 0 Å². The largest absolute Gasteiger partial charge is 0.379 e. The highest BCUT2D eigenvalue weighted by Crippen LogP contribution is 2.39. The molecule has 2 rings (SSSR count). The van der Waals surface area contributed by atoms with Crippen molar-refractivity contribution in [2.24, 2.45) is 17.3 Å². The zero-order chi connectivity index (χ0) is 12.3. The molecule has 0 aromatic rings. The number of rotatable bonds is 2. The van der Waals surface area contributed by atoms with E-state index in [1.165, 1.54) is 32.2 Å². The normalized spacial score (nSPS) is 32.6. The SMILES string of the molecule is CC(C)(C)C1CCC(CN2CCOCC2)CC1. The highest BCUT2D eigenvalue weighted by Gasteiger charge is 2.30. The summed E-state index contributed by atoms with van der Waals surface area (Å²) in [5.41, 5.74) is 0.518. The molecule has 0 radical (unpaired) electrons. The van der Waals surface area contributed by atoms with E-state index in [0.29, 0.717) is 5.41 Å². The maximum absolute atomic E-state index is 5.41. The molecule has 2 nitrogen and oxygen atoms in total. The predicted molar refractivity (Wildman–Crippen MR) is 72.2 cm³/mol. The molecule has 17 heavy (non-hydrogen) atoms. The lowest BCUT2D eigenvalue weighted by Crippen LogP contribution is -2.40. The highest BCUT2D eigenvalue weighted by molar-refractivity contribution is 4.82. The monoisotopic (exact) mass is 239 g/mol. The fraction of sp³-hybridized carbons (Fsp3) is 1.00. The molecule has 0 bridgehead atoms. The summed E-state index contributed by atoms with van der Waals surface area (Å²) in [6, 6.07) is 0. The number of ether oxygens (including phenoxy) is 1. The van der Waals surface area contributed by atoms with Gasteiger partial charge in [0.25, 0.3) is 0 Å². The Hall–Kier alpha value is -0.0800. The van der Waals surface area contributed by atoms with Crippen molar-refractivity contribution in [1.29, 1.82) is 0 Å². The summed E-state index contributed by atoms with van der Waals surface area (Å²) in [7, 11) is 0. The molecule has 2 aliphatic rings. The zero-order valence-electron chi connectivity index (χ0n) is 11.9. The van der Waals surface area contributed by atoms with Gasteiger partial charge in [-0.3, -0.25) is 4.90 Å². The molecule has 100 valence electrons. The van der Waals surface area contributed by atoms with Crippen LogP contribution in [0.3, 0.4) is 0 Å². The Bertz CT molecular complexity index is 220. The first-order valence-electron chi connectivity index (χ1n) is 7.36. The van der Waals surface area contributed by atoms with Crippen molar-refractivity contribution in [3.8, 4) is 0 Å². The lowest BCUT2D eigenvalue weighted by molar-refractivity contribution is 0.0237. The first-order valence-corrected chi connectivity index (χ1v) is 7.36. The Morgan fingerprint density at radius 1 is 1.00 bits per heavy atom. The third-order valence-electron chi connectivity index (χ3n) is 4.69. The minimum absolute atomic E-state index is 0.518. The molecule has 0 atom stereocenters. The van der Waals surface area contributed by atoms with Crippen LogP contribution >= 0.6 is 0 Å². The van der Waals surface area contributed by atoms with E-state index in [1.54, 1.807) is 0 Å². The van der Waals surface area contributed by atoms with Crippen molar-refractivity contribution in [1.82, 2.24) is 4.90 Å². The van der Waals surface area contributed by atoms with E-state index in [-0.39, 0.29) is 0 Å². The lowest BCUT2D eigenvalue weighted by atomic mass is 9.70. The quantitative estimate of drug-likeness (QED) is 0.734. The minimum atomic E-state index is 0.518. The van der Waals surface area contributed by atoms with Gasteiger partial charge in [-0.15, -0.1) is 0 Å². The highest BCUT2D eigenvalue weighted by atomic mass is 16.5. The van der Waals surface area contributed by atoms with Gasteiger partial charge in [0.1, 0.15) is 0 Å². The average molecular weight is 239 g/mol. The van der Waals surface area contributed by atoms with Gasteiger partial charge in [0, 0.05) is 19.6 Å². The third-order valence-corrected chi connectivity index (χ3v) is 4.69. The molecule has 1 aliphatic heterocycles. The molecule has 0 amide bonds. The summed E-state index contributed by atoms with van der Waals surface area (Å²) in [6.45, 7) is 12.7. The fourth-order valence-electron chi connectivity index (χ4n) is 3.36. The van der Waals surface area contributed by atoms with Crippen LogP contribution in [0.5, 0.6) is 0 Å². The van der Waals surface area contributed by atoms with Crippen LogP contribution in [0, 0.1) is 17.3 Å². The first kappa shape index (κ1) is 13.4. The van der Waals surface area contributed by atoms with E-state index >= 15 is 0 Å². The Kier molecular flexibility index (Phi) is 4.48. The molecular formula is C15H29NO. The number of hydrogen-bond donors (Lipinski definition) is 0. The van der Waals surface area contributed by atoms with Gasteiger partial charge in [-0.05, 0) is 42.9 Å². The second-order valence-electron chi connectivity index (χ2n) is 7.00. The molecule has 0 N–H and O–H groups in total. The summed E-state index contributed by atoms with van der Waals surface area (Å²) in [6.07, 6.45) is 5.77. The van der Waals surface area contributed by atoms with Crippen LogP contribution < -0.4 is 0 Å². The Labute approximate surface area is 107 Å². The van der Waals surface area contributed by atoms with Crippen LogP contribution in [0.15, 0.2) is 0 Å². The second-order valence-corrected chi connectivity index (χ2v) is 7.00. The topological polar surface area (TPSA) is 12.5 Å². The molecule has 0 aromatic carbocycles. The molecule has 0 aromatic heterocycles. The van der Waals surface area contributed by atoms with E-state index in [4.69, 9.17) is 4.74 Å². The van der Waals surface area contributed by atoms with E-state index in [2.05, 4.69) is 25.7 Å². The molecule has 0 spiro atoms. The predicted octanol–water partition coefficient (Wildman–Crippen LogP) is 3.17. The zero-order valence-corrected chi connectivity index (χ0v) is 11.9. The molecule has 1 aliphatic carbocycles. The van der Waals surface area contributed by atoms with E-state index in [1.807, 2.05) is 0 Å². The summed E-state index contributed by atoms with van der Waals surface area (Å²) < 4.78 is 5.41. The van der Waals surface area contributed by atoms with Crippen molar-refractivity contribution < 1.29 is 4.74 Å². The number of morpholine rings is 1. The van der Waals surface area contributed by atoms with Gasteiger partial charge in [-0.1, -0.05) is 20.8 Å². The Morgan fingerprint density at radius 2 is 1.59 bits per heavy atom. The van der Waals surface area contributed by atoms with Crippen molar-refractivity contribution in [3.63, 3.8) is 0 Å². The maximum Gasteiger partial charge on any atom is 0.0594 e. The molecule has 1 saturated carbocycles. The van der Waals surface area contributed by atoms with E-state index in [0.717, 1.165) is 38.1 Å². The third kappa shape index (κ3) is 3.96. The molecule has 1 heterocycles. The van der Waals surface area contributed by atoms with Crippen LogP contribution in [0.1, 0.15) is 46.5 Å². The van der Waals surface area contributed by atoms with Gasteiger partial charge in [0.2, 0.25) is 0 Å². The number of hydrogen-bond acceptors (Lipinski definition) is 2. The van der Waals surface area contributed by atoms with Crippen LogP contribution in [0.4, 0.5) is 0 Å². The van der Waals surface area contributed by atoms with E-state index < -0.39 is 0 Å². The smallest absolute Gasteiger partial charge is 0.0594 e. The summed E-state index contributed by atoms with van der Waals surface area (Å²) in [5, 5.41) is 0. The van der Waals surface area contributed by atoms with Gasteiger partial charge in [-0.2, -0.15) is 0 Å². The fourth-order valence-corrected chi connectivity index (χ4v) is 3.36. The first-order chi connectivity index (χ1) is 8.05. The molecule has 2 heteroatoms. The summed E-state index contributed by atoms with van der Waals surface area (Å²) in [5.74, 6) is 1.90. The second kappa shape index (κ2) is 5.71. The van der Waals surface area contributed by atoms with E-state index in [9.17, 15) is 0 Å². The molecule has 1 saturated heterocycles. The Morgan fingerprint density at radius 3 is 2.12 bits per heavy atom. The van der Waals surface area contributed by atoms with Crippen LogP contribution in [-0.2, 0) is 4.74 Å². The standard InChI is InChI=1S/C15H29NO/c1-15(2,3)14-6-4-13(5-7-14)12-16-8-10-17-11-9-16/h13-14H,4-12H2,1-3H3. The van der Waals surface area contributed by atoms with Crippen molar-refractivity contribution in [2.75, 3.05) is 32.8 Å². The van der Waals surface area contributed by atoms with Crippen LogP contribution in [0.2, 0.25) is 0 Å². The van der Waals surface area contributed by atoms with Gasteiger partial charge in [0.05, 0.1) is 13.2 Å². The maximum atomic E-state index is 5.41. The van der Waals surface area contributed by atoms with Gasteiger partial charge in [0.15, 0.2) is 0 Å². The summed E-state index contributed by atoms with van der Waals surface area (Å²) in [4.78, 5) is 2.60. The van der Waals surface area contributed by atoms with Crippen LogP contribution in [0.25, 0.3) is 0 Å². The molecule has 0 unspecified atom stereocenters. The molecule has 2 fully saturated rings.